The smallest absolute Gasteiger partial charge is 0.0485 e. The summed E-state index contributed by atoms with van der Waals surface area (Å²) in [6.07, 6.45) is 1.22. The molecule has 0 amide bonds. The lowest BCUT2D eigenvalue weighted by Gasteiger charge is -2.30. The molecule has 1 aromatic rings. The average Bonchev–Trinajstić information content (AvgIpc) is 2.93. The van der Waals surface area contributed by atoms with E-state index in [9.17, 15) is 0 Å². The number of likely N-dealkylation sites (N-methyl/N-ethyl adjacent to an activating group) is 1. The zero-order valence-corrected chi connectivity index (χ0v) is 13.3. The van der Waals surface area contributed by atoms with E-state index in [0.717, 1.165) is 36.8 Å². The SMILES string of the molecule is CCN(CC)C1CCN(C(CN)c2ccccc2Cl)C1. The number of nitrogens with two attached hydrogens (primary N) is 1. The molecule has 2 unspecified atom stereocenters. The third-order valence-corrected chi connectivity index (χ3v) is 4.80. The molecule has 0 bridgehead atoms. The van der Waals surface area contributed by atoms with Crippen molar-refractivity contribution in [3.05, 3.63) is 34.9 Å². The van der Waals surface area contributed by atoms with Crippen LogP contribution < -0.4 is 5.73 Å². The minimum atomic E-state index is 0.240. The first-order valence-electron chi connectivity index (χ1n) is 7.63. The second-order valence-electron chi connectivity index (χ2n) is 5.43. The van der Waals surface area contributed by atoms with Gasteiger partial charge in [0.1, 0.15) is 0 Å². The summed E-state index contributed by atoms with van der Waals surface area (Å²) in [6, 6.07) is 8.97. The Morgan fingerprint density at radius 3 is 2.65 bits per heavy atom. The molecule has 1 aliphatic rings. The van der Waals surface area contributed by atoms with Gasteiger partial charge in [0.05, 0.1) is 0 Å². The van der Waals surface area contributed by atoms with Crippen LogP contribution in [0.25, 0.3) is 0 Å². The fourth-order valence-corrected chi connectivity index (χ4v) is 3.57. The predicted octanol–water partition coefficient (Wildman–Crippen LogP) is 2.76. The van der Waals surface area contributed by atoms with Crippen LogP contribution in [0.4, 0.5) is 0 Å². The molecule has 0 aliphatic carbocycles. The third-order valence-electron chi connectivity index (χ3n) is 4.45. The summed E-state index contributed by atoms with van der Waals surface area (Å²) >= 11 is 6.34. The summed E-state index contributed by atoms with van der Waals surface area (Å²) in [5.41, 5.74) is 7.19. The van der Waals surface area contributed by atoms with Gasteiger partial charge in [-0.05, 0) is 31.1 Å². The molecule has 2 N–H and O–H groups in total. The third kappa shape index (κ3) is 3.34. The predicted molar refractivity (Wildman–Crippen MR) is 86.1 cm³/mol. The Bertz CT molecular complexity index is 420. The summed E-state index contributed by atoms with van der Waals surface area (Å²) in [7, 11) is 0. The van der Waals surface area contributed by atoms with Gasteiger partial charge in [0.15, 0.2) is 0 Å². The first kappa shape index (κ1) is 15.8. The van der Waals surface area contributed by atoms with Crippen molar-refractivity contribution in [2.75, 3.05) is 32.7 Å². The topological polar surface area (TPSA) is 32.5 Å². The van der Waals surface area contributed by atoms with E-state index in [2.05, 4.69) is 29.7 Å². The van der Waals surface area contributed by atoms with Crippen LogP contribution >= 0.6 is 11.6 Å². The van der Waals surface area contributed by atoms with Crippen molar-refractivity contribution in [3.63, 3.8) is 0 Å². The maximum absolute atomic E-state index is 6.34. The Labute approximate surface area is 127 Å². The van der Waals surface area contributed by atoms with Crippen molar-refractivity contribution in [3.8, 4) is 0 Å². The van der Waals surface area contributed by atoms with Gasteiger partial charge < -0.3 is 5.73 Å². The lowest BCUT2D eigenvalue weighted by molar-refractivity contribution is 0.190. The monoisotopic (exact) mass is 295 g/mol. The van der Waals surface area contributed by atoms with Gasteiger partial charge in [-0.1, -0.05) is 43.6 Å². The molecule has 3 nitrogen and oxygen atoms in total. The first-order chi connectivity index (χ1) is 9.71. The van der Waals surface area contributed by atoms with Gasteiger partial charge in [-0.25, -0.2) is 0 Å². The molecule has 2 atom stereocenters. The molecule has 1 aliphatic heterocycles. The molecule has 0 spiro atoms. The standard InChI is InChI=1S/C16H26ClN3/c1-3-19(4-2)13-9-10-20(12-13)16(11-18)14-7-5-6-8-15(14)17/h5-8,13,16H,3-4,9-12,18H2,1-2H3. The number of hydrogen-bond acceptors (Lipinski definition) is 3. The van der Waals surface area contributed by atoms with E-state index in [1.54, 1.807) is 0 Å². The van der Waals surface area contributed by atoms with Crippen LogP contribution in [0.1, 0.15) is 31.9 Å². The Hall–Kier alpha value is -0.610. The van der Waals surface area contributed by atoms with Crippen LogP contribution in [0.3, 0.4) is 0 Å². The summed E-state index contributed by atoms with van der Waals surface area (Å²) in [4.78, 5) is 5.03. The number of nitrogens with zero attached hydrogens (tertiary/aromatic N) is 2. The van der Waals surface area contributed by atoms with Gasteiger partial charge >= 0.3 is 0 Å². The lowest BCUT2D eigenvalue weighted by Crippen LogP contribution is -2.39. The minimum Gasteiger partial charge on any atom is -0.329 e. The maximum atomic E-state index is 6.34. The molecule has 1 fully saturated rings. The minimum absolute atomic E-state index is 0.240. The number of hydrogen-bond donors (Lipinski definition) is 1. The molecule has 0 radical (unpaired) electrons. The highest BCUT2D eigenvalue weighted by molar-refractivity contribution is 6.31. The van der Waals surface area contributed by atoms with E-state index in [4.69, 9.17) is 17.3 Å². The summed E-state index contributed by atoms with van der Waals surface area (Å²) in [5.74, 6) is 0. The van der Waals surface area contributed by atoms with Gasteiger partial charge in [-0.3, -0.25) is 9.80 Å². The van der Waals surface area contributed by atoms with E-state index < -0.39 is 0 Å². The van der Waals surface area contributed by atoms with Crippen LogP contribution in [0.2, 0.25) is 5.02 Å². The van der Waals surface area contributed by atoms with Gasteiger partial charge in [-0.2, -0.15) is 0 Å². The highest BCUT2D eigenvalue weighted by Crippen LogP contribution is 2.30. The van der Waals surface area contributed by atoms with Crippen molar-refractivity contribution in [1.82, 2.24) is 9.80 Å². The van der Waals surface area contributed by atoms with E-state index in [-0.39, 0.29) is 6.04 Å². The zero-order valence-electron chi connectivity index (χ0n) is 12.6. The molecular weight excluding hydrogens is 270 g/mol. The van der Waals surface area contributed by atoms with Gasteiger partial charge in [0, 0.05) is 36.7 Å². The largest absolute Gasteiger partial charge is 0.329 e. The van der Waals surface area contributed by atoms with E-state index in [0.29, 0.717) is 12.6 Å². The van der Waals surface area contributed by atoms with Crippen molar-refractivity contribution >= 4 is 11.6 Å². The molecule has 112 valence electrons. The number of rotatable bonds is 6. The molecule has 0 aromatic heterocycles. The van der Waals surface area contributed by atoms with Crippen LogP contribution in [0.5, 0.6) is 0 Å². The lowest BCUT2D eigenvalue weighted by atomic mass is 10.1. The number of likely N-dealkylation sites (tertiary alicyclic amines) is 1. The average molecular weight is 296 g/mol. The summed E-state index contributed by atoms with van der Waals surface area (Å²) in [6.45, 7) is 9.53. The zero-order chi connectivity index (χ0) is 14.5. The van der Waals surface area contributed by atoms with E-state index in [1.807, 2.05) is 18.2 Å². The van der Waals surface area contributed by atoms with Crippen LogP contribution in [0.15, 0.2) is 24.3 Å². The Kier molecular flexibility index (Phi) is 5.85. The second-order valence-corrected chi connectivity index (χ2v) is 5.84. The normalized spacial score (nSPS) is 21.6. The number of halogens is 1. The highest BCUT2D eigenvalue weighted by atomic mass is 35.5. The van der Waals surface area contributed by atoms with Crippen LogP contribution in [-0.2, 0) is 0 Å². The molecule has 1 aromatic carbocycles. The van der Waals surface area contributed by atoms with Crippen molar-refractivity contribution in [1.29, 1.82) is 0 Å². The Morgan fingerprint density at radius 1 is 1.35 bits per heavy atom. The second kappa shape index (κ2) is 7.41. The molecule has 4 heteroatoms. The van der Waals surface area contributed by atoms with Crippen molar-refractivity contribution in [2.24, 2.45) is 5.73 Å². The van der Waals surface area contributed by atoms with Gasteiger partial charge in [0.2, 0.25) is 0 Å². The molecule has 0 saturated carbocycles. The highest BCUT2D eigenvalue weighted by Gasteiger charge is 2.31. The van der Waals surface area contributed by atoms with E-state index >= 15 is 0 Å². The van der Waals surface area contributed by atoms with Gasteiger partial charge in [0.25, 0.3) is 0 Å². The Balaban J connectivity index is 2.09. The molecule has 2 rings (SSSR count). The summed E-state index contributed by atoms with van der Waals surface area (Å²) < 4.78 is 0. The maximum Gasteiger partial charge on any atom is 0.0485 e. The molecule has 20 heavy (non-hydrogen) atoms. The fraction of sp³-hybridized carbons (Fsp3) is 0.625. The van der Waals surface area contributed by atoms with Crippen LogP contribution in [-0.4, -0.2) is 48.6 Å². The Morgan fingerprint density at radius 2 is 2.05 bits per heavy atom. The first-order valence-corrected chi connectivity index (χ1v) is 8.01. The van der Waals surface area contributed by atoms with Gasteiger partial charge in [-0.15, -0.1) is 0 Å². The molecule has 1 saturated heterocycles. The van der Waals surface area contributed by atoms with Crippen molar-refractivity contribution in [2.45, 2.75) is 32.4 Å². The molecular formula is C16H26ClN3. The van der Waals surface area contributed by atoms with Crippen LogP contribution in [0, 0.1) is 0 Å². The van der Waals surface area contributed by atoms with Crippen molar-refractivity contribution < 1.29 is 0 Å². The van der Waals surface area contributed by atoms with E-state index in [1.165, 1.54) is 6.42 Å². The summed E-state index contributed by atoms with van der Waals surface area (Å²) in [5, 5.41) is 0.828. The fourth-order valence-electron chi connectivity index (χ4n) is 3.31. The number of benzene rings is 1. The molecule has 1 heterocycles. The quantitative estimate of drug-likeness (QED) is 0.876.